The highest BCUT2D eigenvalue weighted by atomic mass is 19.1. The lowest BCUT2D eigenvalue weighted by Gasteiger charge is -2.18. The van der Waals surface area contributed by atoms with Crippen LogP contribution in [-0.4, -0.2) is 48.4 Å². The predicted octanol–water partition coefficient (Wildman–Crippen LogP) is 1.12. The molecule has 0 radical (unpaired) electrons. The van der Waals surface area contributed by atoms with Crippen molar-refractivity contribution >= 4 is 17.1 Å². The first-order valence-corrected chi connectivity index (χ1v) is 8.00. The van der Waals surface area contributed by atoms with E-state index in [1.165, 1.54) is 12.4 Å². The molecule has 1 aromatic carbocycles. The molecule has 0 aliphatic rings. The second kappa shape index (κ2) is 6.98. The van der Waals surface area contributed by atoms with Gasteiger partial charge >= 0.3 is 0 Å². The lowest BCUT2D eigenvalue weighted by Crippen LogP contribution is -2.36. The van der Waals surface area contributed by atoms with Crippen molar-refractivity contribution in [2.45, 2.75) is 20.4 Å². The largest absolute Gasteiger partial charge is 0.342 e. The Morgan fingerprint density at radius 3 is 2.62 bits per heavy atom. The van der Waals surface area contributed by atoms with Gasteiger partial charge in [-0.25, -0.2) is 13.8 Å². The molecule has 0 unspecified atom stereocenters. The molecule has 0 fully saturated rings. The van der Waals surface area contributed by atoms with Gasteiger partial charge in [0, 0.05) is 19.2 Å². The third-order valence-electron chi connectivity index (χ3n) is 3.99. The molecule has 1 amide bonds. The summed E-state index contributed by atoms with van der Waals surface area (Å²) in [6.45, 7) is 4.56. The van der Waals surface area contributed by atoms with E-state index >= 15 is 0 Å². The lowest BCUT2D eigenvalue weighted by atomic mass is 10.3. The van der Waals surface area contributed by atoms with E-state index in [4.69, 9.17) is 0 Å². The van der Waals surface area contributed by atoms with Crippen LogP contribution in [0.5, 0.6) is 0 Å². The first kappa shape index (κ1) is 17.6. The van der Waals surface area contributed by atoms with Gasteiger partial charge in [0.25, 0.3) is 5.56 Å². The number of nitrogens with zero attached hydrogens (tertiary/aromatic N) is 6. The lowest BCUT2D eigenvalue weighted by molar-refractivity contribution is -0.131. The van der Waals surface area contributed by atoms with Gasteiger partial charge in [0.05, 0.1) is 0 Å². The quantitative estimate of drug-likeness (QED) is 0.679. The number of aromatic nitrogens is 5. The van der Waals surface area contributed by atoms with Gasteiger partial charge in [-0.05, 0) is 26.0 Å². The maximum Gasteiger partial charge on any atom is 0.284 e. The van der Waals surface area contributed by atoms with Crippen LogP contribution in [0.25, 0.3) is 16.9 Å². The zero-order valence-electron chi connectivity index (χ0n) is 14.2. The smallest absolute Gasteiger partial charge is 0.284 e. The van der Waals surface area contributed by atoms with Crippen LogP contribution in [0.4, 0.5) is 8.78 Å². The van der Waals surface area contributed by atoms with E-state index < -0.39 is 17.2 Å². The van der Waals surface area contributed by atoms with Gasteiger partial charge in [0.1, 0.15) is 24.4 Å². The Bertz CT molecular complexity index is 1030. The minimum atomic E-state index is -0.862. The topological polar surface area (TPSA) is 85.9 Å². The zero-order valence-corrected chi connectivity index (χ0v) is 14.2. The summed E-state index contributed by atoms with van der Waals surface area (Å²) in [5.41, 5.74) is -0.738. The van der Waals surface area contributed by atoms with Gasteiger partial charge in [-0.3, -0.25) is 14.2 Å². The molecule has 0 N–H and O–H groups in total. The second-order valence-electron chi connectivity index (χ2n) is 5.51. The number of hydrogen-bond acceptors (Lipinski definition) is 5. The third-order valence-corrected chi connectivity index (χ3v) is 3.99. The number of likely N-dealkylation sites (N-methyl/N-ethyl adjacent to an activating group) is 1. The monoisotopic (exact) mass is 362 g/mol. The minimum Gasteiger partial charge on any atom is -0.342 e. The Labute approximate surface area is 146 Å². The number of hydrogen-bond donors (Lipinski definition) is 0. The molecule has 0 saturated carbocycles. The molecule has 10 heteroatoms. The number of benzene rings is 1. The highest BCUT2D eigenvalue weighted by molar-refractivity contribution is 5.76. The standard InChI is InChI=1S/C16H16F2N6O2/c1-3-22(4-2)13(25)8-23-9-19-15-14(16(23)26)20-21-24(15)12-6-5-10(17)7-11(12)18/h5-7,9H,3-4,8H2,1-2H3. The average Bonchev–Trinajstić information content (AvgIpc) is 3.03. The Morgan fingerprint density at radius 2 is 1.96 bits per heavy atom. The van der Waals surface area contributed by atoms with E-state index in [9.17, 15) is 18.4 Å². The molecular weight excluding hydrogens is 346 g/mol. The molecule has 136 valence electrons. The third kappa shape index (κ3) is 3.05. The molecule has 8 nitrogen and oxygen atoms in total. The summed E-state index contributed by atoms with van der Waals surface area (Å²) in [7, 11) is 0. The highest BCUT2D eigenvalue weighted by Crippen LogP contribution is 2.16. The fourth-order valence-electron chi connectivity index (χ4n) is 2.59. The molecule has 0 bridgehead atoms. The Morgan fingerprint density at radius 1 is 1.23 bits per heavy atom. The molecule has 2 aromatic heterocycles. The summed E-state index contributed by atoms with van der Waals surface area (Å²) < 4.78 is 29.2. The highest BCUT2D eigenvalue weighted by Gasteiger charge is 2.18. The number of fused-ring (bicyclic) bond motifs is 1. The minimum absolute atomic E-state index is 0.0204. The molecule has 3 rings (SSSR count). The van der Waals surface area contributed by atoms with Crippen LogP contribution < -0.4 is 5.56 Å². The fourth-order valence-corrected chi connectivity index (χ4v) is 2.59. The summed E-state index contributed by atoms with van der Waals surface area (Å²) in [4.78, 5) is 30.4. The maximum absolute atomic E-state index is 14.0. The van der Waals surface area contributed by atoms with E-state index in [1.807, 2.05) is 13.8 Å². The van der Waals surface area contributed by atoms with E-state index in [1.54, 1.807) is 4.90 Å². The van der Waals surface area contributed by atoms with Crippen LogP contribution in [0.2, 0.25) is 0 Å². The summed E-state index contributed by atoms with van der Waals surface area (Å²) in [6, 6.07) is 2.94. The summed E-state index contributed by atoms with van der Waals surface area (Å²) in [5.74, 6) is -1.82. The van der Waals surface area contributed by atoms with Crippen molar-refractivity contribution < 1.29 is 13.6 Å². The number of amides is 1. The summed E-state index contributed by atoms with van der Waals surface area (Å²) >= 11 is 0. The predicted molar refractivity (Wildman–Crippen MR) is 88.8 cm³/mol. The van der Waals surface area contributed by atoms with Gasteiger partial charge in [0.2, 0.25) is 5.91 Å². The van der Waals surface area contributed by atoms with Crippen molar-refractivity contribution in [2.75, 3.05) is 13.1 Å². The SMILES string of the molecule is CCN(CC)C(=O)Cn1cnc2c(nnn2-c2ccc(F)cc2F)c1=O. The molecule has 0 spiro atoms. The van der Waals surface area contributed by atoms with Crippen LogP contribution in [0.1, 0.15) is 13.8 Å². The Balaban J connectivity index is 2.02. The van der Waals surface area contributed by atoms with Gasteiger partial charge in [-0.2, -0.15) is 4.68 Å². The van der Waals surface area contributed by atoms with Gasteiger partial charge < -0.3 is 4.90 Å². The van der Waals surface area contributed by atoms with Crippen molar-refractivity contribution in [3.8, 4) is 5.69 Å². The first-order chi connectivity index (χ1) is 12.5. The Hall–Kier alpha value is -3.17. The van der Waals surface area contributed by atoms with Crippen LogP contribution >= 0.6 is 0 Å². The first-order valence-electron chi connectivity index (χ1n) is 8.00. The molecule has 0 atom stereocenters. The average molecular weight is 362 g/mol. The molecular formula is C16H16F2N6O2. The molecule has 26 heavy (non-hydrogen) atoms. The van der Waals surface area contributed by atoms with E-state index in [-0.39, 0.29) is 29.3 Å². The number of rotatable bonds is 5. The van der Waals surface area contributed by atoms with Gasteiger partial charge in [-0.1, -0.05) is 5.21 Å². The normalized spacial score (nSPS) is 11.1. The molecule has 3 aromatic rings. The molecule has 0 aliphatic heterocycles. The van der Waals surface area contributed by atoms with Crippen molar-refractivity contribution in [3.05, 3.63) is 46.5 Å². The molecule has 2 heterocycles. The summed E-state index contributed by atoms with van der Waals surface area (Å²) in [6.07, 6.45) is 1.19. The van der Waals surface area contributed by atoms with Crippen molar-refractivity contribution in [1.29, 1.82) is 0 Å². The summed E-state index contributed by atoms with van der Waals surface area (Å²) in [5, 5.41) is 7.48. The van der Waals surface area contributed by atoms with Crippen LogP contribution in [0, 0.1) is 11.6 Å². The van der Waals surface area contributed by atoms with Crippen LogP contribution in [0.15, 0.2) is 29.3 Å². The van der Waals surface area contributed by atoms with Gasteiger partial charge in [-0.15, -0.1) is 5.10 Å². The van der Waals surface area contributed by atoms with Gasteiger partial charge in [0.15, 0.2) is 17.0 Å². The van der Waals surface area contributed by atoms with Crippen LogP contribution in [0.3, 0.4) is 0 Å². The van der Waals surface area contributed by atoms with E-state index in [2.05, 4.69) is 15.3 Å². The maximum atomic E-state index is 14.0. The molecule has 0 aliphatic carbocycles. The van der Waals surface area contributed by atoms with E-state index in [0.29, 0.717) is 19.2 Å². The number of halogens is 2. The molecule has 0 saturated heterocycles. The zero-order chi connectivity index (χ0) is 18.8. The van der Waals surface area contributed by atoms with Crippen molar-refractivity contribution in [2.24, 2.45) is 0 Å². The van der Waals surface area contributed by atoms with E-state index in [0.717, 1.165) is 15.3 Å². The van der Waals surface area contributed by atoms with Crippen molar-refractivity contribution in [3.63, 3.8) is 0 Å². The van der Waals surface area contributed by atoms with Crippen molar-refractivity contribution in [1.82, 2.24) is 29.4 Å². The second-order valence-corrected chi connectivity index (χ2v) is 5.51. The van der Waals surface area contributed by atoms with Crippen LogP contribution in [-0.2, 0) is 11.3 Å². The number of carbonyl (C=O) groups is 1. The fraction of sp³-hybridized carbons (Fsp3) is 0.312. The Kier molecular flexibility index (Phi) is 4.74. The number of carbonyl (C=O) groups excluding carboxylic acids is 1.